The van der Waals surface area contributed by atoms with E-state index in [0.29, 0.717) is 5.65 Å². The third-order valence-corrected chi connectivity index (χ3v) is 5.71. The first-order valence-corrected chi connectivity index (χ1v) is 10.3. The van der Waals surface area contributed by atoms with Gasteiger partial charge in [0.05, 0.1) is 12.4 Å². The lowest BCUT2D eigenvalue weighted by molar-refractivity contribution is 0.790. The number of hydrogen-bond acceptors (Lipinski definition) is 5. The van der Waals surface area contributed by atoms with E-state index in [2.05, 4.69) is 98.6 Å². The smallest absolute Gasteiger partial charge is 0.182 e. The van der Waals surface area contributed by atoms with Crippen molar-refractivity contribution in [3.05, 3.63) is 83.6 Å². The fourth-order valence-electron chi connectivity index (χ4n) is 4.16. The third kappa shape index (κ3) is 3.20. The molecule has 2 aromatic heterocycles. The van der Waals surface area contributed by atoms with Gasteiger partial charge in [-0.1, -0.05) is 43.3 Å². The Bertz CT molecular complexity index is 1210. The number of aryl methyl sites for hydroxylation is 1. The molecular weight excluding hydrogens is 372 g/mol. The molecule has 0 bridgehead atoms. The Balaban J connectivity index is 1.57. The van der Waals surface area contributed by atoms with E-state index in [-0.39, 0.29) is 6.04 Å². The summed E-state index contributed by atoms with van der Waals surface area (Å²) < 4.78 is 0. The molecule has 1 atom stereocenters. The van der Waals surface area contributed by atoms with Crippen LogP contribution in [0.2, 0.25) is 0 Å². The van der Waals surface area contributed by atoms with Crippen molar-refractivity contribution in [2.75, 3.05) is 10.2 Å². The average molecular weight is 396 g/mol. The zero-order chi connectivity index (χ0) is 20.5. The summed E-state index contributed by atoms with van der Waals surface area (Å²) in [7, 11) is 0. The summed E-state index contributed by atoms with van der Waals surface area (Å²) in [5.74, 6) is 0.756. The summed E-state index contributed by atoms with van der Waals surface area (Å²) in [6.07, 6.45) is 6.52. The van der Waals surface area contributed by atoms with Gasteiger partial charge < -0.3 is 15.2 Å². The van der Waals surface area contributed by atoms with E-state index in [1.54, 1.807) is 12.7 Å². The number of rotatable bonds is 5. The molecule has 5 rings (SSSR count). The molecule has 2 N–H and O–H groups in total. The number of hydrogen-bond donors (Lipinski definition) is 2. The van der Waals surface area contributed by atoms with Crippen LogP contribution in [0.3, 0.4) is 0 Å². The molecule has 2 aromatic carbocycles. The second-order valence-electron chi connectivity index (χ2n) is 7.52. The second-order valence-corrected chi connectivity index (χ2v) is 7.52. The molecule has 3 heterocycles. The van der Waals surface area contributed by atoms with E-state index >= 15 is 0 Å². The van der Waals surface area contributed by atoms with Gasteiger partial charge >= 0.3 is 0 Å². The third-order valence-electron chi connectivity index (χ3n) is 5.71. The number of aromatic nitrogens is 4. The number of nitrogens with zero attached hydrogens (tertiary/aromatic N) is 4. The molecule has 6 heteroatoms. The molecule has 4 aromatic rings. The molecule has 1 aliphatic heterocycles. The number of imidazole rings is 1. The molecular formula is C24H24N6. The molecule has 0 amide bonds. The molecule has 0 spiro atoms. The van der Waals surface area contributed by atoms with Gasteiger partial charge in [0.2, 0.25) is 0 Å². The largest absolute Gasteiger partial charge is 0.360 e. The minimum absolute atomic E-state index is 0.0324. The minimum atomic E-state index is 0.0324. The zero-order valence-corrected chi connectivity index (χ0v) is 17.1. The van der Waals surface area contributed by atoms with Crippen LogP contribution >= 0.6 is 0 Å². The maximum absolute atomic E-state index is 4.44. The van der Waals surface area contributed by atoms with Gasteiger partial charge in [0.1, 0.15) is 11.8 Å². The van der Waals surface area contributed by atoms with Crippen LogP contribution in [0.4, 0.5) is 11.5 Å². The first kappa shape index (κ1) is 18.4. The number of aromatic amines is 1. The van der Waals surface area contributed by atoms with Crippen molar-refractivity contribution in [2.24, 2.45) is 0 Å². The van der Waals surface area contributed by atoms with Crippen LogP contribution in [-0.4, -0.2) is 26.0 Å². The summed E-state index contributed by atoms with van der Waals surface area (Å²) in [5.41, 5.74) is 7.96. The number of anilines is 2. The SMILES string of the molecule is CCc1cccc2c1CN(c1ccccc1)C(C(C)Nc1ncnc3nc[nH]c13)=C2. The van der Waals surface area contributed by atoms with Crippen molar-refractivity contribution in [2.45, 2.75) is 32.9 Å². The number of H-pyrrole nitrogens is 1. The van der Waals surface area contributed by atoms with Gasteiger partial charge in [-0.2, -0.15) is 0 Å². The number of benzene rings is 2. The summed E-state index contributed by atoms with van der Waals surface area (Å²) in [4.78, 5) is 18.4. The maximum atomic E-state index is 4.44. The molecule has 30 heavy (non-hydrogen) atoms. The lowest BCUT2D eigenvalue weighted by Gasteiger charge is -2.36. The molecule has 1 aliphatic rings. The molecule has 0 saturated carbocycles. The highest BCUT2D eigenvalue weighted by Crippen LogP contribution is 2.34. The predicted molar refractivity (Wildman–Crippen MR) is 121 cm³/mol. The molecule has 0 fully saturated rings. The van der Waals surface area contributed by atoms with E-state index in [9.17, 15) is 0 Å². The fourth-order valence-corrected chi connectivity index (χ4v) is 4.16. The quantitative estimate of drug-likeness (QED) is 0.508. The number of fused-ring (bicyclic) bond motifs is 2. The average Bonchev–Trinajstić information content (AvgIpc) is 3.28. The van der Waals surface area contributed by atoms with Crippen LogP contribution in [0.5, 0.6) is 0 Å². The standard InChI is InChI=1S/C24H24N6/c1-3-17-8-7-9-18-12-21(30(13-20(17)18)19-10-5-4-6-11-19)16(2)29-24-22-23(26-14-25-22)27-15-28-24/h4-12,14-16H,3,13H2,1-2H3,(H2,25,26,27,28,29). The molecule has 1 unspecified atom stereocenters. The van der Waals surface area contributed by atoms with Gasteiger partial charge in [-0.25, -0.2) is 15.0 Å². The number of nitrogens with one attached hydrogen (secondary N) is 2. The van der Waals surface area contributed by atoms with Crippen molar-refractivity contribution < 1.29 is 0 Å². The van der Waals surface area contributed by atoms with Gasteiger partial charge in [-0.3, -0.25) is 0 Å². The Morgan fingerprint density at radius 2 is 1.93 bits per heavy atom. The van der Waals surface area contributed by atoms with Crippen molar-refractivity contribution in [3.8, 4) is 0 Å². The van der Waals surface area contributed by atoms with Gasteiger partial charge in [-0.15, -0.1) is 0 Å². The van der Waals surface area contributed by atoms with E-state index in [1.807, 2.05) is 0 Å². The minimum Gasteiger partial charge on any atom is -0.360 e. The molecule has 0 aliphatic carbocycles. The number of para-hydroxylation sites is 1. The fraction of sp³-hybridized carbons (Fsp3) is 0.208. The van der Waals surface area contributed by atoms with Crippen LogP contribution in [0.25, 0.3) is 17.2 Å². The van der Waals surface area contributed by atoms with Crippen molar-refractivity contribution in [1.82, 2.24) is 19.9 Å². The highest BCUT2D eigenvalue weighted by atomic mass is 15.2. The summed E-state index contributed by atoms with van der Waals surface area (Å²) in [6.45, 7) is 5.24. The van der Waals surface area contributed by atoms with E-state index < -0.39 is 0 Å². The van der Waals surface area contributed by atoms with Gasteiger partial charge in [0.15, 0.2) is 11.5 Å². The van der Waals surface area contributed by atoms with E-state index in [4.69, 9.17) is 0 Å². The molecule has 0 radical (unpaired) electrons. The van der Waals surface area contributed by atoms with Crippen LogP contribution in [0, 0.1) is 0 Å². The lowest BCUT2D eigenvalue weighted by Crippen LogP contribution is -2.35. The lowest BCUT2D eigenvalue weighted by atomic mass is 9.93. The van der Waals surface area contributed by atoms with Crippen LogP contribution in [0.15, 0.2) is 66.9 Å². The monoisotopic (exact) mass is 396 g/mol. The first-order chi connectivity index (χ1) is 14.7. The topological polar surface area (TPSA) is 69.7 Å². The normalized spacial score (nSPS) is 14.3. The van der Waals surface area contributed by atoms with Gasteiger partial charge in [0.25, 0.3) is 0 Å². The highest BCUT2D eigenvalue weighted by Gasteiger charge is 2.25. The zero-order valence-electron chi connectivity index (χ0n) is 17.1. The first-order valence-electron chi connectivity index (χ1n) is 10.3. The highest BCUT2D eigenvalue weighted by molar-refractivity contribution is 5.82. The summed E-state index contributed by atoms with van der Waals surface area (Å²) in [5, 5.41) is 3.57. The van der Waals surface area contributed by atoms with Crippen LogP contribution < -0.4 is 10.2 Å². The Morgan fingerprint density at radius 1 is 1.07 bits per heavy atom. The van der Waals surface area contributed by atoms with Gasteiger partial charge in [0, 0.05) is 17.9 Å². The Hall–Kier alpha value is -3.67. The van der Waals surface area contributed by atoms with E-state index in [0.717, 1.165) is 24.3 Å². The Kier molecular flexibility index (Phi) is 4.67. The van der Waals surface area contributed by atoms with Crippen molar-refractivity contribution in [1.29, 1.82) is 0 Å². The Labute approximate surface area is 175 Å². The van der Waals surface area contributed by atoms with E-state index in [1.165, 1.54) is 28.1 Å². The van der Waals surface area contributed by atoms with Crippen molar-refractivity contribution >= 4 is 28.7 Å². The molecule has 6 nitrogen and oxygen atoms in total. The maximum Gasteiger partial charge on any atom is 0.182 e. The summed E-state index contributed by atoms with van der Waals surface area (Å²) >= 11 is 0. The second kappa shape index (κ2) is 7.63. The van der Waals surface area contributed by atoms with Gasteiger partial charge in [-0.05, 0) is 48.2 Å². The Morgan fingerprint density at radius 3 is 2.77 bits per heavy atom. The van der Waals surface area contributed by atoms with Crippen LogP contribution in [0.1, 0.15) is 30.5 Å². The predicted octanol–water partition coefficient (Wildman–Crippen LogP) is 4.78. The molecule has 0 saturated heterocycles. The molecule has 150 valence electrons. The van der Waals surface area contributed by atoms with Crippen LogP contribution in [-0.2, 0) is 13.0 Å². The summed E-state index contributed by atoms with van der Waals surface area (Å²) in [6, 6.07) is 17.2. The van der Waals surface area contributed by atoms with Crippen molar-refractivity contribution in [3.63, 3.8) is 0 Å².